The van der Waals surface area contributed by atoms with Gasteiger partial charge in [0.25, 0.3) is 0 Å². The number of amides is 2. The molecule has 1 heterocycles. The van der Waals surface area contributed by atoms with Crippen LogP contribution in [0.5, 0.6) is 5.75 Å². The fourth-order valence-corrected chi connectivity index (χ4v) is 4.66. The van der Waals surface area contributed by atoms with Crippen molar-refractivity contribution in [2.24, 2.45) is 0 Å². The van der Waals surface area contributed by atoms with Gasteiger partial charge in [-0.05, 0) is 31.0 Å². The van der Waals surface area contributed by atoms with Crippen molar-refractivity contribution in [3.05, 3.63) is 29.8 Å². The van der Waals surface area contributed by atoms with Crippen LogP contribution in [0.3, 0.4) is 0 Å². The van der Waals surface area contributed by atoms with Gasteiger partial charge in [-0.3, -0.25) is 9.59 Å². The van der Waals surface area contributed by atoms with Crippen molar-refractivity contribution in [1.82, 2.24) is 10.2 Å². The molecule has 1 N–H and O–H groups in total. The number of nitrogens with zero attached hydrogens (tertiary/aromatic N) is 1. The second kappa shape index (κ2) is 8.33. The highest BCUT2D eigenvalue weighted by atomic mass is 32.2. The second-order valence-electron chi connectivity index (χ2n) is 6.04. The lowest BCUT2D eigenvalue weighted by Gasteiger charge is -2.27. The summed E-state index contributed by atoms with van der Waals surface area (Å²) in [5.41, 5.74) is 0.819. The Morgan fingerprint density at radius 3 is 2.48 bits per heavy atom. The van der Waals surface area contributed by atoms with Gasteiger partial charge in [-0.1, -0.05) is 12.1 Å². The van der Waals surface area contributed by atoms with Crippen molar-refractivity contribution in [2.75, 3.05) is 31.7 Å². The molecule has 1 unspecified atom stereocenters. The van der Waals surface area contributed by atoms with Crippen molar-refractivity contribution in [2.45, 2.75) is 25.8 Å². The number of carbonyl (C=O) groups is 2. The van der Waals surface area contributed by atoms with E-state index in [0.717, 1.165) is 5.56 Å². The van der Waals surface area contributed by atoms with Crippen molar-refractivity contribution in [1.29, 1.82) is 0 Å². The van der Waals surface area contributed by atoms with Crippen LogP contribution in [-0.4, -0.2) is 62.9 Å². The van der Waals surface area contributed by atoms with Crippen LogP contribution in [0.1, 0.15) is 18.9 Å². The smallest absolute Gasteiger partial charge is 0.242 e. The molecule has 8 heteroatoms. The number of likely N-dealkylation sites (N-methyl/N-ethyl adjacent to an activating group) is 1. The number of benzene rings is 1. The zero-order chi connectivity index (χ0) is 18.4. The van der Waals surface area contributed by atoms with E-state index in [0.29, 0.717) is 18.7 Å². The van der Waals surface area contributed by atoms with Gasteiger partial charge in [0.2, 0.25) is 11.8 Å². The first-order valence-corrected chi connectivity index (χ1v) is 10.1. The van der Waals surface area contributed by atoms with E-state index in [4.69, 9.17) is 4.74 Å². The Bertz CT molecular complexity index is 715. The Morgan fingerprint density at radius 1 is 1.28 bits per heavy atom. The molecule has 1 atom stereocenters. The van der Waals surface area contributed by atoms with Crippen molar-refractivity contribution >= 4 is 21.7 Å². The average Bonchev–Trinajstić information content (AvgIpc) is 2.94. The molecule has 0 aromatic heterocycles. The van der Waals surface area contributed by atoms with Gasteiger partial charge in [-0.15, -0.1) is 0 Å². The van der Waals surface area contributed by atoms with Crippen LogP contribution in [0.2, 0.25) is 0 Å². The molecule has 0 spiro atoms. The van der Waals surface area contributed by atoms with Crippen molar-refractivity contribution in [3.8, 4) is 5.75 Å². The molecule has 2 rings (SSSR count). The quantitative estimate of drug-likeness (QED) is 0.752. The average molecular weight is 368 g/mol. The van der Waals surface area contributed by atoms with E-state index >= 15 is 0 Å². The third-order valence-electron chi connectivity index (χ3n) is 4.27. The van der Waals surface area contributed by atoms with Gasteiger partial charge in [0, 0.05) is 12.6 Å². The Kier molecular flexibility index (Phi) is 6.41. The monoisotopic (exact) mass is 368 g/mol. The van der Waals surface area contributed by atoms with E-state index in [1.54, 1.807) is 31.4 Å². The summed E-state index contributed by atoms with van der Waals surface area (Å²) in [7, 11) is -1.48. The van der Waals surface area contributed by atoms with Gasteiger partial charge in [0.1, 0.15) is 5.75 Å². The molecule has 0 radical (unpaired) electrons. The molecule has 1 aliphatic rings. The van der Waals surface area contributed by atoms with E-state index in [9.17, 15) is 18.0 Å². The fourth-order valence-electron chi connectivity index (χ4n) is 2.93. The number of carbonyl (C=O) groups excluding carboxylic acids is 2. The molecule has 1 aromatic rings. The first-order valence-electron chi connectivity index (χ1n) is 8.24. The van der Waals surface area contributed by atoms with Gasteiger partial charge in [0.15, 0.2) is 9.84 Å². The molecule has 2 amide bonds. The van der Waals surface area contributed by atoms with Crippen LogP contribution in [0.25, 0.3) is 0 Å². The third kappa shape index (κ3) is 5.45. The van der Waals surface area contributed by atoms with E-state index in [1.807, 2.05) is 6.92 Å². The molecular weight excluding hydrogens is 344 g/mol. The topological polar surface area (TPSA) is 92.8 Å². The SMILES string of the molecule is CCN(C(=O)CNC(=O)Cc1ccc(OC)cc1)C1CCS(=O)(=O)C1. The predicted octanol–water partition coefficient (Wildman–Crippen LogP) is 0.390. The summed E-state index contributed by atoms with van der Waals surface area (Å²) >= 11 is 0. The maximum atomic E-state index is 12.3. The normalized spacial score (nSPS) is 18.6. The summed E-state index contributed by atoms with van der Waals surface area (Å²) in [6.07, 6.45) is 0.628. The predicted molar refractivity (Wildman–Crippen MR) is 94.2 cm³/mol. The zero-order valence-electron chi connectivity index (χ0n) is 14.5. The number of hydrogen-bond donors (Lipinski definition) is 1. The van der Waals surface area contributed by atoms with Crippen molar-refractivity contribution in [3.63, 3.8) is 0 Å². The Balaban J connectivity index is 1.84. The second-order valence-corrected chi connectivity index (χ2v) is 8.27. The van der Waals surface area contributed by atoms with Gasteiger partial charge < -0.3 is 15.0 Å². The van der Waals surface area contributed by atoms with Gasteiger partial charge >= 0.3 is 0 Å². The van der Waals surface area contributed by atoms with Crippen LogP contribution in [-0.2, 0) is 25.8 Å². The summed E-state index contributed by atoms with van der Waals surface area (Å²) in [5, 5.41) is 2.61. The largest absolute Gasteiger partial charge is 0.497 e. The van der Waals surface area contributed by atoms with Gasteiger partial charge in [0.05, 0.1) is 31.6 Å². The van der Waals surface area contributed by atoms with E-state index in [-0.39, 0.29) is 42.3 Å². The van der Waals surface area contributed by atoms with Crippen LogP contribution in [0.4, 0.5) is 0 Å². The van der Waals surface area contributed by atoms with Crippen LogP contribution in [0.15, 0.2) is 24.3 Å². The maximum Gasteiger partial charge on any atom is 0.242 e. The molecule has 0 bridgehead atoms. The molecule has 1 saturated heterocycles. The van der Waals surface area contributed by atoms with Gasteiger partial charge in [-0.2, -0.15) is 0 Å². The lowest BCUT2D eigenvalue weighted by Crippen LogP contribution is -2.46. The summed E-state index contributed by atoms with van der Waals surface area (Å²) in [6, 6.07) is 6.84. The molecular formula is C17H24N2O5S. The van der Waals surface area contributed by atoms with Gasteiger partial charge in [-0.25, -0.2) is 8.42 Å². The first-order chi connectivity index (χ1) is 11.8. The lowest BCUT2D eigenvalue weighted by molar-refractivity contribution is -0.134. The Labute approximate surface area is 148 Å². The van der Waals surface area contributed by atoms with Crippen molar-refractivity contribution < 1.29 is 22.7 Å². The van der Waals surface area contributed by atoms with Crippen LogP contribution in [0, 0.1) is 0 Å². The number of rotatable bonds is 7. The molecule has 1 aliphatic heterocycles. The maximum absolute atomic E-state index is 12.3. The minimum absolute atomic E-state index is 0.00632. The molecule has 7 nitrogen and oxygen atoms in total. The zero-order valence-corrected chi connectivity index (χ0v) is 15.3. The van der Waals surface area contributed by atoms with Crippen LogP contribution < -0.4 is 10.1 Å². The first kappa shape index (κ1) is 19.2. The van der Waals surface area contributed by atoms with E-state index in [1.165, 1.54) is 4.90 Å². The summed E-state index contributed by atoms with van der Waals surface area (Å²) in [6.45, 7) is 2.11. The summed E-state index contributed by atoms with van der Waals surface area (Å²) in [4.78, 5) is 25.9. The highest BCUT2D eigenvalue weighted by Gasteiger charge is 2.33. The highest BCUT2D eigenvalue weighted by Crippen LogP contribution is 2.17. The molecule has 0 aliphatic carbocycles. The standard InChI is InChI=1S/C17H24N2O5S/c1-3-19(14-8-9-25(22,23)12-14)17(21)11-18-16(20)10-13-4-6-15(24-2)7-5-13/h4-7,14H,3,8-12H2,1-2H3,(H,18,20). The number of methoxy groups -OCH3 is 1. The Morgan fingerprint density at radius 2 is 1.96 bits per heavy atom. The lowest BCUT2D eigenvalue weighted by atomic mass is 10.1. The highest BCUT2D eigenvalue weighted by molar-refractivity contribution is 7.91. The number of nitrogens with one attached hydrogen (secondary N) is 1. The number of hydrogen-bond acceptors (Lipinski definition) is 5. The Hall–Kier alpha value is -2.09. The number of ether oxygens (including phenoxy) is 1. The molecule has 0 saturated carbocycles. The minimum atomic E-state index is -3.05. The van der Waals surface area contributed by atoms with Crippen LogP contribution >= 0.6 is 0 Å². The molecule has 1 fully saturated rings. The molecule has 1 aromatic carbocycles. The minimum Gasteiger partial charge on any atom is -0.497 e. The summed E-state index contributed by atoms with van der Waals surface area (Å²) in [5.74, 6) is 0.322. The number of sulfone groups is 1. The van der Waals surface area contributed by atoms with E-state index in [2.05, 4.69) is 5.32 Å². The summed E-state index contributed by atoms with van der Waals surface area (Å²) < 4.78 is 28.2. The molecule has 138 valence electrons. The third-order valence-corrected chi connectivity index (χ3v) is 6.02. The molecule has 25 heavy (non-hydrogen) atoms. The van der Waals surface area contributed by atoms with E-state index < -0.39 is 9.84 Å². The fraction of sp³-hybridized carbons (Fsp3) is 0.529.